The maximum absolute atomic E-state index is 11.8. The number of rotatable bonds is 6. The first-order chi connectivity index (χ1) is 14.7. The minimum atomic E-state index is -0.368. The standard InChI is InChI=1S/C22H22N6O2/c29-28(30)20-15-7-1-3-9-17(15)24-19(20)22-25-18-10-4-2-8-16(18)21(26-22)23-11-14-27-12-5-6-13-27/h1-4,7-10,24H,5-6,11-14H2,(H,23,25,26). The summed E-state index contributed by atoms with van der Waals surface area (Å²) in [6, 6.07) is 14.9. The number of H-pyrrole nitrogens is 1. The van der Waals surface area contributed by atoms with Gasteiger partial charge in [-0.15, -0.1) is 0 Å². The van der Waals surface area contributed by atoms with Gasteiger partial charge in [-0.3, -0.25) is 10.1 Å². The molecule has 1 aliphatic heterocycles. The molecule has 8 nitrogen and oxygen atoms in total. The smallest absolute Gasteiger partial charge is 0.305 e. The molecule has 30 heavy (non-hydrogen) atoms. The second-order valence-corrected chi connectivity index (χ2v) is 7.54. The minimum absolute atomic E-state index is 0.00361. The summed E-state index contributed by atoms with van der Waals surface area (Å²) >= 11 is 0. The van der Waals surface area contributed by atoms with E-state index in [1.165, 1.54) is 12.8 Å². The van der Waals surface area contributed by atoms with Crippen molar-refractivity contribution in [2.75, 3.05) is 31.5 Å². The third-order valence-electron chi connectivity index (χ3n) is 5.61. The van der Waals surface area contributed by atoms with Gasteiger partial charge in [-0.05, 0) is 50.2 Å². The van der Waals surface area contributed by atoms with E-state index in [-0.39, 0.29) is 10.6 Å². The Morgan fingerprint density at radius 3 is 2.57 bits per heavy atom. The molecule has 0 aliphatic carbocycles. The van der Waals surface area contributed by atoms with Crippen LogP contribution in [0, 0.1) is 10.1 Å². The fourth-order valence-electron chi connectivity index (χ4n) is 4.14. The molecule has 0 amide bonds. The Hall–Kier alpha value is -3.52. The van der Waals surface area contributed by atoms with Gasteiger partial charge in [0.1, 0.15) is 5.82 Å². The van der Waals surface area contributed by atoms with E-state index in [4.69, 9.17) is 4.98 Å². The monoisotopic (exact) mass is 402 g/mol. The van der Waals surface area contributed by atoms with Gasteiger partial charge in [-0.1, -0.05) is 24.3 Å². The Morgan fingerprint density at radius 2 is 1.77 bits per heavy atom. The number of aromatic amines is 1. The fraction of sp³-hybridized carbons (Fsp3) is 0.273. The minimum Gasteiger partial charge on any atom is -0.368 e. The molecule has 3 heterocycles. The summed E-state index contributed by atoms with van der Waals surface area (Å²) in [7, 11) is 0. The quantitative estimate of drug-likeness (QED) is 0.370. The summed E-state index contributed by atoms with van der Waals surface area (Å²) in [6.07, 6.45) is 2.51. The van der Waals surface area contributed by atoms with E-state index in [0.29, 0.717) is 28.2 Å². The summed E-state index contributed by atoms with van der Waals surface area (Å²) in [4.78, 5) is 26.4. The second-order valence-electron chi connectivity index (χ2n) is 7.54. The largest absolute Gasteiger partial charge is 0.368 e. The Labute approximate surface area is 173 Å². The van der Waals surface area contributed by atoms with E-state index in [0.717, 1.165) is 37.1 Å². The zero-order valence-corrected chi connectivity index (χ0v) is 16.5. The molecular formula is C22H22N6O2. The van der Waals surface area contributed by atoms with Crippen molar-refractivity contribution >= 4 is 33.3 Å². The van der Waals surface area contributed by atoms with Gasteiger partial charge in [0.15, 0.2) is 11.5 Å². The van der Waals surface area contributed by atoms with Crippen LogP contribution in [0.3, 0.4) is 0 Å². The lowest BCUT2D eigenvalue weighted by Crippen LogP contribution is -2.26. The highest BCUT2D eigenvalue weighted by Crippen LogP contribution is 2.36. The molecule has 4 aromatic rings. The number of likely N-dealkylation sites (tertiary alicyclic amines) is 1. The number of fused-ring (bicyclic) bond motifs is 2. The van der Waals surface area contributed by atoms with Crippen LogP contribution in [0.5, 0.6) is 0 Å². The van der Waals surface area contributed by atoms with Gasteiger partial charge < -0.3 is 15.2 Å². The zero-order chi connectivity index (χ0) is 20.5. The SMILES string of the molecule is O=[N+]([O-])c1c(-c2nc(NCCN3CCCC3)c3ccccc3n2)[nH]c2ccccc12. The van der Waals surface area contributed by atoms with Crippen LogP contribution in [0.4, 0.5) is 11.5 Å². The van der Waals surface area contributed by atoms with Crippen LogP contribution in [-0.2, 0) is 0 Å². The molecule has 2 aromatic heterocycles. The van der Waals surface area contributed by atoms with Gasteiger partial charge in [0.05, 0.1) is 21.3 Å². The summed E-state index contributed by atoms with van der Waals surface area (Å²) in [5, 5.41) is 16.7. The molecule has 0 spiro atoms. The van der Waals surface area contributed by atoms with Crippen LogP contribution in [0.2, 0.25) is 0 Å². The predicted octanol–water partition coefficient (Wildman–Crippen LogP) is 4.19. The molecule has 8 heteroatoms. The molecule has 0 saturated carbocycles. The molecule has 2 N–H and O–H groups in total. The Morgan fingerprint density at radius 1 is 1.03 bits per heavy atom. The number of nitro groups is 1. The lowest BCUT2D eigenvalue weighted by atomic mass is 10.2. The van der Waals surface area contributed by atoms with Crippen LogP contribution in [0.1, 0.15) is 12.8 Å². The van der Waals surface area contributed by atoms with E-state index in [1.54, 1.807) is 12.1 Å². The van der Waals surface area contributed by atoms with E-state index >= 15 is 0 Å². The lowest BCUT2D eigenvalue weighted by Gasteiger charge is -2.16. The maximum Gasteiger partial charge on any atom is 0.305 e. The normalized spacial score (nSPS) is 14.5. The molecule has 0 unspecified atom stereocenters. The second kappa shape index (κ2) is 7.72. The van der Waals surface area contributed by atoms with E-state index in [2.05, 4.69) is 20.2 Å². The van der Waals surface area contributed by atoms with Crippen LogP contribution in [-0.4, -0.2) is 51.0 Å². The number of aromatic nitrogens is 3. The average Bonchev–Trinajstić information content (AvgIpc) is 3.41. The first-order valence-electron chi connectivity index (χ1n) is 10.2. The number of hydrogen-bond acceptors (Lipinski definition) is 6. The van der Waals surface area contributed by atoms with Crippen LogP contribution in [0.25, 0.3) is 33.3 Å². The Balaban J connectivity index is 1.57. The number of anilines is 1. The van der Waals surface area contributed by atoms with Crippen molar-refractivity contribution in [3.8, 4) is 11.5 Å². The summed E-state index contributed by atoms with van der Waals surface area (Å²) < 4.78 is 0. The van der Waals surface area contributed by atoms with Crippen LogP contribution < -0.4 is 5.32 Å². The highest BCUT2D eigenvalue weighted by Gasteiger charge is 2.25. The number of nitrogens with zero attached hydrogens (tertiary/aromatic N) is 4. The van der Waals surface area contributed by atoms with E-state index < -0.39 is 0 Å². The Kier molecular flexibility index (Phi) is 4.76. The van der Waals surface area contributed by atoms with E-state index in [9.17, 15) is 10.1 Å². The Bertz CT molecular complexity index is 1230. The topological polar surface area (TPSA) is 100.0 Å². The van der Waals surface area contributed by atoms with Gasteiger partial charge in [-0.2, -0.15) is 0 Å². The maximum atomic E-state index is 11.8. The third kappa shape index (κ3) is 3.35. The number of hydrogen-bond donors (Lipinski definition) is 2. The van der Waals surface area contributed by atoms with Crippen molar-refractivity contribution in [3.63, 3.8) is 0 Å². The van der Waals surface area contributed by atoms with Gasteiger partial charge in [0.25, 0.3) is 0 Å². The molecule has 1 aliphatic rings. The summed E-state index contributed by atoms with van der Waals surface area (Å²) in [5.41, 5.74) is 1.78. The molecular weight excluding hydrogens is 380 g/mol. The highest BCUT2D eigenvalue weighted by molar-refractivity contribution is 5.98. The van der Waals surface area contributed by atoms with Crippen molar-refractivity contribution in [3.05, 3.63) is 58.6 Å². The summed E-state index contributed by atoms with van der Waals surface area (Å²) in [6.45, 7) is 3.98. The molecule has 5 rings (SSSR count). The fourth-order valence-corrected chi connectivity index (χ4v) is 4.14. The molecule has 0 atom stereocenters. The van der Waals surface area contributed by atoms with Crippen molar-refractivity contribution in [2.24, 2.45) is 0 Å². The first-order valence-corrected chi connectivity index (χ1v) is 10.2. The lowest BCUT2D eigenvalue weighted by molar-refractivity contribution is -0.382. The first kappa shape index (κ1) is 18.5. The number of nitrogens with one attached hydrogen (secondary N) is 2. The predicted molar refractivity (Wildman–Crippen MR) is 118 cm³/mol. The van der Waals surface area contributed by atoms with Gasteiger partial charge >= 0.3 is 5.69 Å². The molecule has 1 fully saturated rings. The van der Waals surface area contributed by atoms with Crippen molar-refractivity contribution in [2.45, 2.75) is 12.8 Å². The zero-order valence-electron chi connectivity index (χ0n) is 16.5. The van der Waals surface area contributed by atoms with Crippen molar-refractivity contribution in [1.29, 1.82) is 0 Å². The van der Waals surface area contributed by atoms with Gasteiger partial charge in [0, 0.05) is 18.5 Å². The molecule has 0 bridgehead atoms. The van der Waals surface area contributed by atoms with Gasteiger partial charge in [-0.25, -0.2) is 9.97 Å². The number of benzene rings is 2. The van der Waals surface area contributed by atoms with Crippen molar-refractivity contribution < 1.29 is 4.92 Å². The average molecular weight is 402 g/mol. The van der Waals surface area contributed by atoms with Crippen LogP contribution >= 0.6 is 0 Å². The number of para-hydroxylation sites is 2. The molecule has 2 aromatic carbocycles. The van der Waals surface area contributed by atoms with Gasteiger partial charge in [0.2, 0.25) is 0 Å². The van der Waals surface area contributed by atoms with Crippen LogP contribution in [0.15, 0.2) is 48.5 Å². The summed E-state index contributed by atoms with van der Waals surface area (Å²) in [5.74, 6) is 1.02. The third-order valence-corrected chi connectivity index (χ3v) is 5.61. The molecule has 152 valence electrons. The highest BCUT2D eigenvalue weighted by atomic mass is 16.6. The van der Waals surface area contributed by atoms with E-state index in [1.807, 2.05) is 36.4 Å². The molecule has 0 radical (unpaired) electrons. The molecule has 1 saturated heterocycles. The van der Waals surface area contributed by atoms with Crippen molar-refractivity contribution in [1.82, 2.24) is 19.9 Å².